The summed E-state index contributed by atoms with van der Waals surface area (Å²) in [5.41, 5.74) is 0. The number of aliphatic hydroxyl groups excluding tert-OH is 2. The lowest BCUT2D eigenvalue weighted by Crippen LogP contribution is -2.46. The van der Waals surface area contributed by atoms with Gasteiger partial charge in [-0.3, -0.25) is 9.59 Å². The number of unbranched alkanes of at least 4 members (excludes halogenated alkanes) is 17. The molecule has 0 radical (unpaired) electrons. The molecule has 59 heavy (non-hydrogen) atoms. The van der Waals surface area contributed by atoms with Crippen molar-refractivity contribution in [2.24, 2.45) is 0 Å². The Bertz CT molecular complexity index is 1190. The lowest BCUT2D eigenvalue weighted by Gasteiger charge is -2.24. The Morgan fingerprint density at radius 3 is 1.59 bits per heavy atom. The fraction of sp³-hybridized carbons (Fsp3) is 0.660. The molecule has 0 aromatic carbocycles. The van der Waals surface area contributed by atoms with E-state index in [9.17, 15) is 19.8 Å². The molecule has 336 valence electrons. The second-order valence-corrected chi connectivity index (χ2v) is 15.9. The second kappa shape index (κ2) is 45.9. The molecule has 6 heteroatoms. The summed E-state index contributed by atoms with van der Waals surface area (Å²) in [5.74, 6) is -0.572. The van der Waals surface area contributed by atoms with Gasteiger partial charge in [-0.25, -0.2) is 0 Å². The molecule has 0 fully saturated rings. The highest BCUT2D eigenvalue weighted by Gasteiger charge is 2.24. The average Bonchev–Trinajstić information content (AvgIpc) is 3.23. The van der Waals surface area contributed by atoms with E-state index in [-0.39, 0.29) is 24.9 Å². The molecule has 0 bridgehead atoms. The number of carbonyl (C=O) groups excluding carboxylic acids is 2. The van der Waals surface area contributed by atoms with Gasteiger partial charge in [-0.05, 0) is 77.0 Å². The first-order valence-corrected chi connectivity index (χ1v) is 24.0. The number of amides is 1. The van der Waals surface area contributed by atoms with Crippen molar-refractivity contribution in [3.63, 3.8) is 0 Å². The van der Waals surface area contributed by atoms with Crippen LogP contribution in [0.4, 0.5) is 0 Å². The van der Waals surface area contributed by atoms with E-state index in [2.05, 4.69) is 80.8 Å². The molecular formula is C53H89NO5. The third-order valence-electron chi connectivity index (χ3n) is 10.3. The number of allylic oxidation sites excluding steroid dienone is 16. The third kappa shape index (κ3) is 41.3. The minimum atomic E-state index is -0.810. The number of hydrogen-bond donors (Lipinski definition) is 3. The van der Waals surface area contributed by atoms with E-state index in [4.69, 9.17) is 4.74 Å². The van der Waals surface area contributed by atoms with Crippen molar-refractivity contribution in [1.82, 2.24) is 5.32 Å². The Labute approximate surface area is 363 Å². The lowest BCUT2D eigenvalue weighted by atomic mass is 10.0. The molecule has 3 N–H and O–H groups in total. The Morgan fingerprint density at radius 1 is 0.525 bits per heavy atom. The normalized spacial score (nSPS) is 14.2. The Balaban J connectivity index is 4.72. The fourth-order valence-corrected chi connectivity index (χ4v) is 6.70. The number of ether oxygens (including phenoxy) is 1. The highest BCUT2D eigenvalue weighted by Crippen LogP contribution is 2.16. The van der Waals surface area contributed by atoms with Gasteiger partial charge in [0.15, 0.2) is 0 Å². The molecular weight excluding hydrogens is 731 g/mol. The minimum absolute atomic E-state index is 0.0283. The van der Waals surface area contributed by atoms with Crippen LogP contribution in [-0.4, -0.2) is 46.9 Å². The van der Waals surface area contributed by atoms with Crippen LogP contribution in [0, 0.1) is 0 Å². The molecule has 0 aromatic rings. The summed E-state index contributed by atoms with van der Waals surface area (Å²) < 4.78 is 5.87. The SMILES string of the molecule is CC/C=C/C=C/C=C\C=C/C=C/CCCCCC(=O)OC(CCCC/C=C/C/C=C/C/C=C/CC)CC(=O)NC(CO)C(O)CCCCCCCCCCCCCCC. The van der Waals surface area contributed by atoms with Crippen molar-refractivity contribution in [2.45, 2.75) is 219 Å². The minimum Gasteiger partial charge on any atom is -0.462 e. The summed E-state index contributed by atoms with van der Waals surface area (Å²) in [4.78, 5) is 26.0. The Kier molecular flexibility index (Phi) is 43.4. The van der Waals surface area contributed by atoms with Gasteiger partial charge >= 0.3 is 5.97 Å². The van der Waals surface area contributed by atoms with Crippen molar-refractivity contribution in [2.75, 3.05) is 6.61 Å². The average molecular weight is 820 g/mol. The molecule has 3 atom stereocenters. The maximum atomic E-state index is 13.2. The second-order valence-electron chi connectivity index (χ2n) is 15.9. The van der Waals surface area contributed by atoms with Crippen molar-refractivity contribution in [3.8, 4) is 0 Å². The van der Waals surface area contributed by atoms with E-state index in [0.29, 0.717) is 19.3 Å². The maximum Gasteiger partial charge on any atom is 0.306 e. The quantitative estimate of drug-likeness (QED) is 0.0247. The molecule has 0 saturated carbocycles. The van der Waals surface area contributed by atoms with Crippen molar-refractivity contribution < 1.29 is 24.5 Å². The number of hydrogen-bond acceptors (Lipinski definition) is 5. The van der Waals surface area contributed by atoms with Crippen LogP contribution >= 0.6 is 0 Å². The maximum absolute atomic E-state index is 13.2. The molecule has 0 spiro atoms. The summed E-state index contributed by atoms with van der Waals surface area (Å²) in [6.45, 7) is 6.18. The van der Waals surface area contributed by atoms with Crippen LogP contribution in [0.2, 0.25) is 0 Å². The van der Waals surface area contributed by atoms with Crippen LogP contribution in [0.5, 0.6) is 0 Å². The first-order valence-electron chi connectivity index (χ1n) is 24.0. The van der Waals surface area contributed by atoms with E-state index in [0.717, 1.165) is 89.9 Å². The van der Waals surface area contributed by atoms with Crippen LogP contribution in [0.15, 0.2) is 97.2 Å². The highest BCUT2D eigenvalue weighted by molar-refractivity contribution is 5.77. The van der Waals surface area contributed by atoms with E-state index < -0.39 is 18.2 Å². The van der Waals surface area contributed by atoms with Gasteiger partial charge in [0.25, 0.3) is 0 Å². The topological polar surface area (TPSA) is 95.9 Å². The number of rotatable bonds is 41. The molecule has 0 aliphatic carbocycles. The smallest absolute Gasteiger partial charge is 0.306 e. The van der Waals surface area contributed by atoms with Crippen LogP contribution in [0.1, 0.15) is 201 Å². The number of nitrogens with one attached hydrogen (secondary N) is 1. The zero-order chi connectivity index (χ0) is 43.1. The summed E-state index contributed by atoms with van der Waals surface area (Å²) in [6.07, 6.45) is 60.3. The van der Waals surface area contributed by atoms with Gasteiger partial charge in [0.2, 0.25) is 5.91 Å². The van der Waals surface area contributed by atoms with Crippen LogP contribution < -0.4 is 5.32 Å². The summed E-state index contributed by atoms with van der Waals surface area (Å²) >= 11 is 0. The Hall–Kier alpha value is -3.22. The molecule has 0 rings (SSSR count). The third-order valence-corrected chi connectivity index (χ3v) is 10.3. The van der Waals surface area contributed by atoms with Gasteiger partial charge in [-0.2, -0.15) is 0 Å². The van der Waals surface area contributed by atoms with Gasteiger partial charge in [0.1, 0.15) is 6.10 Å². The van der Waals surface area contributed by atoms with E-state index in [1.165, 1.54) is 64.2 Å². The predicted octanol–water partition coefficient (Wildman–Crippen LogP) is 14.2. The van der Waals surface area contributed by atoms with Crippen LogP contribution in [-0.2, 0) is 14.3 Å². The standard InChI is InChI=1S/C53H89NO5/c1-4-7-10-13-16-19-22-25-26-28-31-34-37-40-43-46-53(58)59-49(44-41-38-35-32-29-24-21-18-15-12-9-6-3)47-52(57)54-50(48-55)51(56)45-42-39-36-33-30-27-23-20-17-14-11-8-5-2/h7,9-10,12-13,16,18-19,21-22,25-26,28-29,31-32,49-51,55-56H,4-6,8,11,14-15,17,20,23-24,27,30,33-48H2,1-3H3,(H,54,57)/b10-7+,12-9+,16-13+,21-18+,22-19-,26-25-,31-28+,32-29+. The summed E-state index contributed by atoms with van der Waals surface area (Å²) in [6, 6.07) is -0.728. The zero-order valence-electron chi connectivity index (χ0n) is 38.1. The van der Waals surface area contributed by atoms with Gasteiger partial charge in [-0.1, -0.05) is 208 Å². The molecule has 0 aromatic heterocycles. The molecule has 0 aliphatic heterocycles. The summed E-state index contributed by atoms with van der Waals surface area (Å²) in [5, 5.41) is 23.7. The molecule has 0 heterocycles. The summed E-state index contributed by atoms with van der Waals surface area (Å²) in [7, 11) is 0. The first kappa shape index (κ1) is 55.8. The number of aliphatic hydroxyl groups is 2. The fourth-order valence-electron chi connectivity index (χ4n) is 6.70. The molecule has 3 unspecified atom stereocenters. The molecule has 0 aliphatic rings. The van der Waals surface area contributed by atoms with Gasteiger partial charge < -0.3 is 20.3 Å². The van der Waals surface area contributed by atoms with Crippen LogP contribution in [0.25, 0.3) is 0 Å². The van der Waals surface area contributed by atoms with E-state index >= 15 is 0 Å². The Morgan fingerprint density at radius 2 is 1.00 bits per heavy atom. The lowest BCUT2D eigenvalue weighted by molar-refractivity contribution is -0.151. The molecule has 6 nitrogen and oxygen atoms in total. The van der Waals surface area contributed by atoms with Crippen molar-refractivity contribution in [1.29, 1.82) is 0 Å². The largest absolute Gasteiger partial charge is 0.462 e. The van der Waals surface area contributed by atoms with Crippen molar-refractivity contribution >= 4 is 11.9 Å². The molecule has 1 amide bonds. The monoisotopic (exact) mass is 820 g/mol. The zero-order valence-corrected chi connectivity index (χ0v) is 38.1. The molecule has 0 saturated heterocycles. The number of esters is 1. The van der Waals surface area contributed by atoms with Crippen LogP contribution in [0.3, 0.4) is 0 Å². The van der Waals surface area contributed by atoms with E-state index in [1.807, 2.05) is 42.5 Å². The predicted molar refractivity (Wildman–Crippen MR) is 254 cm³/mol. The van der Waals surface area contributed by atoms with Gasteiger partial charge in [0.05, 0.1) is 25.2 Å². The highest BCUT2D eigenvalue weighted by atomic mass is 16.5. The number of carbonyl (C=O) groups is 2. The van der Waals surface area contributed by atoms with Gasteiger partial charge in [-0.15, -0.1) is 0 Å². The first-order chi connectivity index (χ1) is 29.0. The van der Waals surface area contributed by atoms with Crippen molar-refractivity contribution in [3.05, 3.63) is 97.2 Å². The van der Waals surface area contributed by atoms with Gasteiger partial charge in [0, 0.05) is 6.42 Å². The van der Waals surface area contributed by atoms with E-state index in [1.54, 1.807) is 0 Å².